The summed E-state index contributed by atoms with van der Waals surface area (Å²) in [5.41, 5.74) is 1.14. The van der Waals surface area contributed by atoms with E-state index in [4.69, 9.17) is 18.6 Å². The van der Waals surface area contributed by atoms with Crippen LogP contribution in [-0.2, 0) is 11.3 Å². The first kappa shape index (κ1) is 18.2. The molecule has 8 heteroatoms. The van der Waals surface area contributed by atoms with Crippen LogP contribution in [0.3, 0.4) is 0 Å². The van der Waals surface area contributed by atoms with Crippen LogP contribution in [0.4, 0.5) is 0 Å². The molecule has 0 bridgehead atoms. The number of methoxy groups -OCH3 is 3. The van der Waals surface area contributed by atoms with Gasteiger partial charge in [0.1, 0.15) is 5.75 Å². The fraction of sp³-hybridized carbons (Fsp3) is 0.211. The number of ether oxygens (including phenoxy) is 4. The van der Waals surface area contributed by atoms with Crippen LogP contribution in [0.1, 0.15) is 16.2 Å². The molecule has 0 saturated carbocycles. The average molecular weight is 370 g/mol. The number of carbonyl (C=O) groups excluding carboxylic acids is 1. The zero-order chi connectivity index (χ0) is 19.2. The highest BCUT2D eigenvalue weighted by molar-refractivity contribution is 5.90. The van der Waals surface area contributed by atoms with Gasteiger partial charge in [-0.25, -0.2) is 4.79 Å². The summed E-state index contributed by atoms with van der Waals surface area (Å²) in [6.45, 7) is 0.0527. The van der Waals surface area contributed by atoms with E-state index in [0.717, 1.165) is 11.3 Å². The Bertz CT molecular complexity index is 920. The molecule has 3 aromatic rings. The predicted molar refractivity (Wildman–Crippen MR) is 95.0 cm³/mol. The highest BCUT2D eigenvalue weighted by Gasteiger charge is 2.14. The van der Waals surface area contributed by atoms with Gasteiger partial charge in [-0.2, -0.15) is 0 Å². The van der Waals surface area contributed by atoms with Crippen molar-refractivity contribution in [1.82, 2.24) is 10.2 Å². The Labute approximate surface area is 155 Å². The molecule has 0 aliphatic heterocycles. The van der Waals surface area contributed by atoms with Gasteiger partial charge in [0, 0.05) is 5.56 Å². The van der Waals surface area contributed by atoms with Crippen LogP contribution in [-0.4, -0.2) is 37.5 Å². The second-order valence-electron chi connectivity index (χ2n) is 5.38. The van der Waals surface area contributed by atoms with Gasteiger partial charge in [-0.3, -0.25) is 0 Å². The maximum Gasteiger partial charge on any atom is 0.337 e. The lowest BCUT2D eigenvalue weighted by Crippen LogP contribution is -2.03. The van der Waals surface area contributed by atoms with E-state index in [1.54, 1.807) is 19.2 Å². The second-order valence-corrected chi connectivity index (χ2v) is 5.38. The minimum Gasteiger partial charge on any atom is -0.497 e. The van der Waals surface area contributed by atoms with E-state index in [2.05, 4.69) is 14.9 Å². The number of carbonyl (C=O) groups is 1. The van der Waals surface area contributed by atoms with Crippen molar-refractivity contribution in [2.45, 2.75) is 6.61 Å². The summed E-state index contributed by atoms with van der Waals surface area (Å²) in [5, 5.41) is 7.99. The molecule has 0 amide bonds. The van der Waals surface area contributed by atoms with Gasteiger partial charge in [-0.1, -0.05) is 0 Å². The number of benzene rings is 2. The lowest BCUT2D eigenvalue weighted by atomic mass is 10.2. The van der Waals surface area contributed by atoms with Gasteiger partial charge < -0.3 is 23.4 Å². The van der Waals surface area contributed by atoms with E-state index in [0.29, 0.717) is 28.8 Å². The van der Waals surface area contributed by atoms with Crippen LogP contribution in [0.2, 0.25) is 0 Å². The van der Waals surface area contributed by atoms with Gasteiger partial charge in [-0.15, -0.1) is 10.2 Å². The first-order valence-electron chi connectivity index (χ1n) is 8.00. The average Bonchev–Trinajstić information content (AvgIpc) is 3.20. The van der Waals surface area contributed by atoms with Gasteiger partial charge in [0.25, 0.3) is 5.89 Å². The van der Waals surface area contributed by atoms with E-state index in [-0.39, 0.29) is 6.61 Å². The molecule has 1 aromatic heterocycles. The summed E-state index contributed by atoms with van der Waals surface area (Å²) < 4.78 is 26.4. The normalized spacial score (nSPS) is 10.3. The molecule has 3 rings (SSSR count). The number of esters is 1. The van der Waals surface area contributed by atoms with Crippen LogP contribution in [0.25, 0.3) is 11.5 Å². The molecule has 0 fully saturated rings. The third kappa shape index (κ3) is 4.17. The largest absolute Gasteiger partial charge is 0.497 e. The van der Waals surface area contributed by atoms with Crippen LogP contribution >= 0.6 is 0 Å². The monoisotopic (exact) mass is 370 g/mol. The molecule has 1 heterocycles. The van der Waals surface area contributed by atoms with Crippen LogP contribution in [0.5, 0.6) is 17.2 Å². The Kier molecular flexibility index (Phi) is 5.55. The van der Waals surface area contributed by atoms with Crippen molar-refractivity contribution in [3.8, 4) is 28.7 Å². The Morgan fingerprint density at radius 3 is 2.41 bits per heavy atom. The summed E-state index contributed by atoms with van der Waals surface area (Å²) >= 11 is 0. The van der Waals surface area contributed by atoms with Gasteiger partial charge in [0.2, 0.25) is 5.89 Å². The number of aromatic nitrogens is 2. The Balaban J connectivity index is 1.70. The smallest absolute Gasteiger partial charge is 0.337 e. The number of hydrogen-bond acceptors (Lipinski definition) is 8. The van der Waals surface area contributed by atoms with E-state index in [1.165, 1.54) is 20.3 Å². The summed E-state index contributed by atoms with van der Waals surface area (Å²) in [5.74, 6) is 1.80. The van der Waals surface area contributed by atoms with Crippen molar-refractivity contribution in [3.63, 3.8) is 0 Å². The zero-order valence-electron chi connectivity index (χ0n) is 15.1. The Morgan fingerprint density at radius 1 is 0.963 bits per heavy atom. The molecule has 0 aliphatic carbocycles. The van der Waals surface area contributed by atoms with Crippen LogP contribution in [0.15, 0.2) is 46.9 Å². The quantitative estimate of drug-likeness (QED) is 0.586. The van der Waals surface area contributed by atoms with E-state index in [9.17, 15) is 4.79 Å². The number of nitrogens with zero attached hydrogens (tertiary/aromatic N) is 2. The SMILES string of the molecule is COC(=O)c1ccc(OCc2nnc(-c3ccc(OC)cc3)o2)c(OC)c1. The van der Waals surface area contributed by atoms with Crippen molar-refractivity contribution < 1.29 is 28.2 Å². The molecule has 0 aliphatic rings. The summed E-state index contributed by atoms with van der Waals surface area (Å²) in [7, 11) is 4.40. The summed E-state index contributed by atoms with van der Waals surface area (Å²) in [6, 6.07) is 12.0. The molecule has 2 aromatic carbocycles. The van der Waals surface area contributed by atoms with Crippen molar-refractivity contribution in [2.24, 2.45) is 0 Å². The number of rotatable bonds is 7. The fourth-order valence-electron chi connectivity index (χ4n) is 2.33. The minimum absolute atomic E-state index is 0.0527. The number of hydrogen-bond donors (Lipinski definition) is 0. The van der Waals surface area contributed by atoms with Gasteiger partial charge in [0.05, 0.1) is 26.9 Å². The Hall–Kier alpha value is -3.55. The zero-order valence-corrected chi connectivity index (χ0v) is 15.1. The molecule has 0 spiro atoms. The van der Waals surface area contributed by atoms with E-state index < -0.39 is 5.97 Å². The molecule has 0 atom stereocenters. The Morgan fingerprint density at radius 2 is 1.74 bits per heavy atom. The molecule has 0 radical (unpaired) electrons. The highest BCUT2D eigenvalue weighted by atomic mass is 16.5. The molecule has 140 valence electrons. The molecule has 0 saturated heterocycles. The lowest BCUT2D eigenvalue weighted by Gasteiger charge is -2.10. The third-order valence-electron chi connectivity index (χ3n) is 3.74. The maximum absolute atomic E-state index is 11.6. The molecule has 0 unspecified atom stereocenters. The molecule has 27 heavy (non-hydrogen) atoms. The fourth-order valence-corrected chi connectivity index (χ4v) is 2.33. The van der Waals surface area contributed by atoms with Crippen molar-refractivity contribution in [1.29, 1.82) is 0 Å². The van der Waals surface area contributed by atoms with Gasteiger partial charge in [-0.05, 0) is 42.5 Å². The van der Waals surface area contributed by atoms with Gasteiger partial charge >= 0.3 is 5.97 Å². The predicted octanol–water partition coefficient (Wildman–Crippen LogP) is 3.12. The van der Waals surface area contributed by atoms with Crippen LogP contribution < -0.4 is 14.2 Å². The summed E-state index contributed by atoms with van der Waals surface area (Å²) in [4.78, 5) is 11.6. The van der Waals surface area contributed by atoms with Crippen molar-refractivity contribution >= 4 is 5.97 Å². The second kappa shape index (κ2) is 8.22. The first-order valence-corrected chi connectivity index (χ1v) is 8.00. The maximum atomic E-state index is 11.6. The van der Waals surface area contributed by atoms with Crippen molar-refractivity contribution in [2.75, 3.05) is 21.3 Å². The standard InChI is InChI=1S/C19H18N2O6/c1-23-14-7-4-12(5-8-14)18-21-20-17(27-18)11-26-15-9-6-13(19(22)25-3)10-16(15)24-2/h4-10H,11H2,1-3H3. The first-order chi connectivity index (χ1) is 13.1. The van der Waals surface area contributed by atoms with Crippen LogP contribution in [0, 0.1) is 0 Å². The molecule has 0 N–H and O–H groups in total. The minimum atomic E-state index is -0.458. The summed E-state index contributed by atoms with van der Waals surface area (Å²) in [6.07, 6.45) is 0. The van der Waals surface area contributed by atoms with E-state index in [1.807, 2.05) is 24.3 Å². The topological polar surface area (TPSA) is 92.9 Å². The molecular weight excluding hydrogens is 352 g/mol. The van der Waals surface area contributed by atoms with E-state index >= 15 is 0 Å². The lowest BCUT2D eigenvalue weighted by molar-refractivity contribution is 0.0600. The van der Waals surface area contributed by atoms with Gasteiger partial charge in [0.15, 0.2) is 18.1 Å². The van der Waals surface area contributed by atoms with Crippen molar-refractivity contribution in [3.05, 3.63) is 53.9 Å². The molecular formula is C19H18N2O6. The third-order valence-corrected chi connectivity index (χ3v) is 3.74. The molecule has 8 nitrogen and oxygen atoms in total. The highest BCUT2D eigenvalue weighted by Crippen LogP contribution is 2.29.